The minimum absolute atomic E-state index is 0.825. The Hall–Kier alpha value is -2.36. The average molecular weight is 240 g/mol. The summed E-state index contributed by atoms with van der Waals surface area (Å²) in [6, 6.07) is 15.6. The van der Waals surface area contributed by atoms with Crippen molar-refractivity contribution in [1.82, 2.24) is 0 Å². The largest absolute Gasteiger partial charge is 0.386 e. The summed E-state index contributed by atoms with van der Waals surface area (Å²) in [7, 11) is 3.74. The second kappa shape index (κ2) is 5.82. The van der Waals surface area contributed by atoms with Crippen LogP contribution in [0.5, 0.6) is 0 Å². The smallest absolute Gasteiger partial charge is 0.109 e. The normalized spacial score (nSPS) is 10.6. The molecule has 0 radical (unpaired) electrons. The Bertz CT molecular complexity index is 499. The Morgan fingerprint density at radius 2 is 1.06 bits per heavy atom. The molecule has 0 heterocycles. The van der Waals surface area contributed by atoms with Crippen LogP contribution in [0.4, 0.5) is 22.7 Å². The molecule has 4 heteroatoms. The molecular weight excluding hydrogens is 224 g/mol. The third-order valence-electron chi connectivity index (χ3n) is 2.61. The lowest BCUT2D eigenvalue weighted by molar-refractivity contribution is 1.22. The molecule has 0 aliphatic heterocycles. The summed E-state index contributed by atoms with van der Waals surface area (Å²) in [5.74, 6) is 0. The van der Waals surface area contributed by atoms with Crippen LogP contribution in [0.25, 0.3) is 0 Å². The van der Waals surface area contributed by atoms with Crippen LogP contribution in [0.1, 0.15) is 0 Å². The number of para-hydroxylation sites is 2. The van der Waals surface area contributed by atoms with Crippen LogP contribution in [0, 0.1) is 0 Å². The van der Waals surface area contributed by atoms with Gasteiger partial charge in [-0.15, -0.1) is 10.2 Å². The zero-order valence-corrected chi connectivity index (χ0v) is 10.5. The van der Waals surface area contributed by atoms with Gasteiger partial charge in [0.05, 0.1) is 11.4 Å². The zero-order chi connectivity index (χ0) is 12.8. The van der Waals surface area contributed by atoms with Crippen molar-refractivity contribution in [3.8, 4) is 0 Å². The first-order valence-corrected chi connectivity index (χ1v) is 5.80. The lowest BCUT2D eigenvalue weighted by Gasteiger charge is -2.04. The molecule has 0 fully saturated rings. The minimum Gasteiger partial charge on any atom is -0.386 e. The average Bonchev–Trinajstić information content (AvgIpc) is 2.45. The first-order valence-electron chi connectivity index (χ1n) is 5.80. The molecular formula is C14H16N4. The molecule has 2 aromatic carbocycles. The number of hydrogen-bond donors (Lipinski definition) is 2. The Morgan fingerprint density at radius 1 is 0.667 bits per heavy atom. The van der Waals surface area contributed by atoms with E-state index in [1.807, 2.05) is 62.6 Å². The minimum atomic E-state index is 0.825. The van der Waals surface area contributed by atoms with Gasteiger partial charge in [0.2, 0.25) is 0 Å². The number of anilines is 2. The number of hydrogen-bond acceptors (Lipinski definition) is 4. The van der Waals surface area contributed by atoms with Crippen LogP contribution in [-0.2, 0) is 0 Å². The summed E-state index contributed by atoms with van der Waals surface area (Å²) in [6.07, 6.45) is 0. The zero-order valence-electron chi connectivity index (χ0n) is 10.5. The van der Waals surface area contributed by atoms with Gasteiger partial charge in [-0.2, -0.15) is 0 Å². The fraction of sp³-hybridized carbons (Fsp3) is 0.143. The molecule has 2 aromatic rings. The molecule has 0 spiro atoms. The van der Waals surface area contributed by atoms with Crippen LogP contribution < -0.4 is 10.6 Å². The van der Waals surface area contributed by atoms with E-state index in [4.69, 9.17) is 0 Å². The topological polar surface area (TPSA) is 48.8 Å². The monoisotopic (exact) mass is 240 g/mol. The number of azo groups is 1. The van der Waals surface area contributed by atoms with Crippen molar-refractivity contribution >= 4 is 22.7 Å². The molecule has 0 aliphatic carbocycles. The van der Waals surface area contributed by atoms with Crippen molar-refractivity contribution in [3.05, 3.63) is 48.5 Å². The van der Waals surface area contributed by atoms with Crippen LogP contribution in [-0.4, -0.2) is 14.1 Å². The van der Waals surface area contributed by atoms with Gasteiger partial charge in [0.1, 0.15) is 11.4 Å². The highest BCUT2D eigenvalue weighted by Gasteiger charge is 1.99. The number of nitrogens with one attached hydrogen (secondary N) is 2. The van der Waals surface area contributed by atoms with Crippen LogP contribution in [0.2, 0.25) is 0 Å². The quantitative estimate of drug-likeness (QED) is 0.787. The van der Waals surface area contributed by atoms with Crippen molar-refractivity contribution in [3.63, 3.8) is 0 Å². The maximum atomic E-state index is 4.28. The molecule has 2 N–H and O–H groups in total. The van der Waals surface area contributed by atoms with Crippen molar-refractivity contribution in [1.29, 1.82) is 0 Å². The predicted molar refractivity (Wildman–Crippen MR) is 76.2 cm³/mol. The van der Waals surface area contributed by atoms with E-state index in [1.54, 1.807) is 0 Å². The van der Waals surface area contributed by atoms with E-state index in [1.165, 1.54) is 0 Å². The summed E-state index contributed by atoms with van der Waals surface area (Å²) in [5.41, 5.74) is 3.57. The molecule has 0 aromatic heterocycles. The van der Waals surface area contributed by atoms with Gasteiger partial charge in [-0.3, -0.25) is 0 Å². The fourth-order valence-electron chi connectivity index (χ4n) is 1.65. The van der Waals surface area contributed by atoms with Crippen LogP contribution >= 0.6 is 0 Å². The molecule has 0 saturated heterocycles. The van der Waals surface area contributed by atoms with Gasteiger partial charge in [0.15, 0.2) is 0 Å². The molecule has 0 saturated carbocycles. The SMILES string of the molecule is CNc1ccccc1N=Nc1ccccc1NC. The first-order chi connectivity index (χ1) is 8.85. The Labute approximate surface area is 107 Å². The van der Waals surface area contributed by atoms with Crippen LogP contribution in [0.15, 0.2) is 58.8 Å². The van der Waals surface area contributed by atoms with E-state index in [-0.39, 0.29) is 0 Å². The Kier molecular flexibility index (Phi) is 3.91. The van der Waals surface area contributed by atoms with E-state index >= 15 is 0 Å². The number of rotatable bonds is 4. The summed E-state index contributed by atoms with van der Waals surface area (Å²) in [5, 5.41) is 14.7. The van der Waals surface area contributed by atoms with E-state index < -0.39 is 0 Å². The summed E-state index contributed by atoms with van der Waals surface area (Å²) in [6.45, 7) is 0. The molecule has 2 rings (SSSR count). The van der Waals surface area contributed by atoms with Crippen molar-refractivity contribution < 1.29 is 0 Å². The van der Waals surface area contributed by atoms with E-state index in [2.05, 4.69) is 20.9 Å². The van der Waals surface area contributed by atoms with Gasteiger partial charge < -0.3 is 10.6 Å². The van der Waals surface area contributed by atoms with Gasteiger partial charge in [-0.1, -0.05) is 24.3 Å². The summed E-state index contributed by atoms with van der Waals surface area (Å²) in [4.78, 5) is 0. The molecule has 0 bridgehead atoms. The molecule has 0 aliphatic rings. The second-order valence-corrected chi connectivity index (χ2v) is 3.73. The fourth-order valence-corrected chi connectivity index (χ4v) is 1.65. The highest BCUT2D eigenvalue weighted by Crippen LogP contribution is 2.29. The third kappa shape index (κ3) is 2.66. The molecule has 4 nitrogen and oxygen atoms in total. The summed E-state index contributed by atoms with van der Waals surface area (Å²) < 4.78 is 0. The third-order valence-corrected chi connectivity index (χ3v) is 2.61. The lowest BCUT2D eigenvalue weighted by Crippen LogP contribution is -1.88. The first kappa shape index (κ1) is 12.1. The van der Waals surface area contributed by atoms with E-state index in [0.29, 0.717) is 0 Å². The maximum absolute atomic E-state index is 4.28. The van der Waals surface area contributed by atoms with Crippen molar-refractivity contribution in [2.45, 2.75) is 0 Å². The highest BCUT2D eigenvalue weighted by atomic mass is 15.1. The predicted octanol–water partition coefficient (Wildman–Crippen LogP) is 4.19. The Balaban J connectivity index is 2.30. The molecule has 0 amide bonds. The van der Waals surface area contributed by atoms with Gasteiger partial charge in [0.25, 0.3) is 0 Å². The lowest BCUT2D eigenvalue weighted by atomic mass is 10.2. The molecule has 0 atom stereocenters. The highest BCUT2D eigenvalue weighted by molar-refractivity contribution is 5.67. The molecule has 18 heavy (non-hydrogen) atoms. The molecule has 92 valence electrons. The summed E-state index contributed by atoms with van der Waals surface area (Å²) >= 11 is 0. The number of nitrogens with zero attached hydrogens (tertiary/aromatic N) is 2. The Morgan fingerprint density at radius 3 is 1.44 bits per heavy atom. The van der Waals surface area contributed by atoms with Crippen LogP contribution in [0.3, 0.4) is 0 Å². The van der Waals surface area contributed by atoms with E-state index in [9.17, 15) is 0 Å². The standard InChI is InChI=1S/C14H16N4/c1-15-11-7-3-5-9-13(11)17-18-14-10-6-4-8-12(14)16-2/h3-10,15-16H,1-2H3. The van der Waals surface area contributed by atoms with Crippen molar-refractivity contribution in [2.75, 3.05) is 24.7 Å². The molecule has 0 unspecified atom stereocenters. The van der Waals surface area contributed by atoms with E-state index in [0.717, 1.165) is 22.7 Å². The van der Waals surface area contributed by atoms with Crippen molar-refractivity contribution in [2.24, 2.45) is 10.2 Å². The maximum Gasteiger partial charge on any atom is 0.109 e. The number of benzene rings is 2. The van der Waals surface area contributed by atoms with Gasteiger partial charge in [-0.25, -0.2) is 0 Å². The van der Waals surface area contributed by atoms with Gasteiger partial charge in [0, 0.05) is 14.1 Å². The van der Waals surface area contributed by atoms with Gasteiger partial charge in [-0.05, 0) is 24.3 Å². The van der Waals surface area contributed by atoms with Gasteiger partial charge >= 0.3 is 0 Å². The second-order valence-electron chi connectivity index (χ2n) is 3.73.